The van der Waals surface area contributed by atoms with Crippen molar-refractivity contribution in [2.45, 2.75) is 6.54 Å². The van der Waals surface area contributed by atoms with Gasteiger partial charge in [0.15, 0.2) is 0 Å². The summed E-state index contributed by atoms with van der Waals surface area (Å²) >= 11 is 0. The molecule has 1 aromatic heterocycles. The van der Waals surface area contributed by atoms with Crippen molar-refractivity contribution in [3.05, 3.63) is 47.7 Å². The molecule has 2 rings (SSSR count). The Kier molecular flexibility index (Phi) is 4.61. The van der Waals surface area contributed by atoms with Crippen molar-refractivity contribution in [1.29, 1.82) is 0 Å². The molecule has 110 valence electrons. The van der Waals surface area contributed by atoms with Crippen LogP contribution in [-0.2, 0) is 11.3 Å². The Hall–Kier alpha value is -2.76. The van der Waals surface area contributed by atoms with Crippen molar-refractivity contribution in [1.82, 2.24) is 4.98 Å². The van der Waals surface area contributed by atoms with Crippen molar-refractivity contribution in [3.63, 3.8) is 0 Å². The Morgan fingerprint density at radius 1 is 1.29 bits per heavy atom. The second-order valence-electron chi connectivity index (χ2n) is 4.35. The minimum Gasteiger partial charge on any atom is -0.481 e. The average molecular weight is 287 g/mol. The van der Waals surface area contributed by atoms with E-state index < -0.39 is 5.97 Å². The van der Waals surface area contributed by atoms with Gasteiger partial charge in [0.2, 0.25) is 5.88 Å². The molecule has 3 N–H and O–H groups in total. The number of benzene rings is 1. The molecule has 1 heterocycles. The van der Waals surface area contributed by atoms with Crippen LogP contribution >= 0.6 is 0 Å². The van der Waals surface area contributed by atoms with Crippen LogP contribution in [0, 0.1) is 0 Å². The number of hydrogen-bond acceptors (Lipinski definition) is 6. The quantitative estimate of drug-likeness (QED) is 0.646. The number of aromatic nitrogens is 1. The molecule has 0 amide bonds. The van der Waals surface area contributed by atoms with Crippen LogP contribution in [0.1, 0.15) is 15.9 Å². The lowest BCUT2D eigenvalue weighted by atomic mass is 10.1. The number of anilines is 2. The van der Waals surface area contributed by atoms with Gasteiger partial charge in [-0.25, -0.2) is 9.78 Å². The second-order valence-corrected chi connectivity index (χ2v) is 4.35. The van der Waals surface area contributed by atoms with Crippen LogP contribution in [0.3, 0.4) is 0 Å². The van der Waals surface area contributed by atoms with E-state index in [0.717, 1.165) is 11.3 Å². The molecule has 2 aromatic rings. The number of rotatable bonds is 5. The van der Waals surface area contributed by atoms with Crippen molar-refractivity contribution >= 4 is 17.3 Å². The van der Waals surface area contributed by atoms with Crippen LogP contribution in [0.4, 0.5) is 11.4 Å². The summed E-state index contributed by atoms with van der Waals surface area (Å²) in [5.74, 6) is 0.101. The number of methoxy groups -OCH3 is 2. The number of nitrogens with two attached hydrogens (primary N) is 1. The number of pyridine rings is 1. The molecule has 6 heteroatoms. The van der Waals surface area contributed by atoms with Crippen LogP contribution in [0.25, 0.3) is 0 Å². The summed E-state index contributed by atoms with van der Waals surface area (Å²) in [6.07, 6.45) is 1.68. The summed E-state index contributed by atoms with van der Waals surface area (Å²) < 4.78 is 9.76. The topological polar surface area (TPSA) is 86.5 Å². The summed E-state index contributed by atoms with van der Waals surface area (Å²) in [6.45, 7) is 0.573. The van der Waals surface area contributed by atoms with Crippen molar-refractivity contribution in [3.8, 4) is 5.88 Å². The lowest BCUT2D eigenvalue weighted by molar-refractivity contribution is 0.0602. The van der Waals surface area contributed by atoms with Crippen molar-refractivity contribution in [2.75, 3.05) is 25.3 Å². The third-order valence-corrected chi connectivity index (χ3v) is 2.96. The molecule has 0 fully saturated rings. The summed E-state index contributed by atoms with van der Waals surface area (Å²) in [6, 6.07) is 8.86. The van der Waals surface area contributed by atoms with E-state index in [2.05, 4.69) is 10.3 Å². The van der Waals surface area contributed by atoms with Gasteiger partial charge in [-0.1, -0.05) is 0 Å². The van der Waals surface area contributed by atoms with E-state index in [1.807, 2.05) is 12.1 Å². The van der Waals surface area contributed by atoms with Gasteiger partial charge in [0.1, 0.15) is 0 Å². The zero-order chi connectivity index (χ0) is 15.2. The lowest BCUT2D eigenvalue weighted by Crippen LogP contribution is -2.07. The molecule has 6 nitrogen and oxygen atoms in total. The largest absolute Gasteiger partial charge is 0.481 e. The predicted octanol–water partition coefficient (Wildman–Crippen LogP) is 2.07. The van der Waals surface area contributed by atoms with Gasteiger partial charge in [0.05, 0.1) is 19.8 Å². The van der Waals surface area contributed by atoms with E-state index >= 15 is 0 Å². The van der Waals surface area contributed by atoms with Crippen molar-refractivity contribution in [2.24, 2.45) is 0 Å². The Morgan fingerprint density at radius 2 is 2.10 bits per heavy atom. The van der Waals surface area contributed by atoms with Gasteiger partial charge in [-0.2, -0.15) is 0 Å². The third-order valence-electron chi connectivity index (χ3n) is 2.96. The molecule has 1 aromatic carbocycles. The number of esters is 1. The summed E-state index contributed by atoms with van der Waals surface area (Å²) in [4.78, 5) is 15.6. The predicted molar refractivity (Wildman–Crippen MR) is 80.3 cm³/mol. The normalized spacial score (nSPS) is 10.0. The Balaban J connectivity index is 2.11. The fourth-order valence-electron chi connectivity index (χ4n) is 1.83. The minimum atomic E-state index is -0.457. The van der Waals surface area contributed by atoms with Gasteiger partial charge < -0.3 is 20.5 Å². The molecular weight excluding hydrogens is 270 g/mol. The van der Waals surface area contributed by atoms with Crippen LogP contribution in [-0.4, -0.2) is 25.2 Å². The van der Waals surface area contributed by atoms with Gasteiger partial charge >= 0.3 is 5.97 Å². The van der Waals surface area contributed by atoms with E-state index in [9.17, 15) is 4.79 Å². The molecular formula is C15H17N3O3. The fourth-order valence-corrected chi connectivity index (χ4v) is 1.83. The van der Waals surface area contributed by atoms with Gasteiger partial charge in [-0.15, -0.1) is 0 Å². The number of hydrogen-bond donors (Lipinski definition) is 2. The van der Waals surface area contributed by atoms with E-state index in [1.54, 1.807) is 31.5 Å². The number of nitrogen functional groups attached to an aromatic ring is 1. The first-order valence-electron chi connectivity index (χ1n) is 6.34. The maximum atomic E-state index is 11.6. The zero-order valence-electron chi connectivity index (χ0n) is 11.9. The first-order chi connectivity index (χ1) is 10.1. The number of nitrogens with one attached hydrogen (secondary N) is 1. The SMILES string of the molecule is COC(=O)c1cc(NCc2ccnc(OC)c2)ccc1N. The highest BCUT2D eigenvalue weighted by molar-refractivity contribution is 5.96. The standard InChI is InChI=1S/C15H17N3O3/c1-20-14-7-10(5-6-17-14)9-18-11-3-4-13(16)12(8-11)15(19)21-2/h3-8,18H,9,16H2,1-2H3. The molecule has 0 atom stereocenters. The monoisotopic (exact) mass is 287 g/mol. The highest BCUT2D eigenvalue weighted by atomic mass is 16.5. The Bertz CT molecular complexity index is 644. The molecule has 21 heavy (non-hydrogen) atoms. The van der Waals surface area contributed by atoms with Gasteiger partial charge in [-0.05, 0) is 29.8 Å². The maximum absolute atomic E-state index is 11.6. The molecule has 0 aliphatic carbocycles. The maximum Gasteiger partial charge on any atom is 0.340 e. The molecule has 0 unspecified atom stereocenters. The molecule has 0 spiro atoms. The van der Waals surface area contributed by atoms with Gasteiger partial charge in [-0.3, -0.25) is 0 Å². The lowest BCUT2D eigenvalue weighted by Gasteiger charge is -2.10. The smallest absolute Gasteiger partial charge is 0.340 e. The first kappa shape index (κ1) is 14.6. The first-order valence-corrected chi connectivity index (χ1v) is 6.34. The summed E-state index contributed by atoms with van der Waals surface area (Å²) in [5.41, 5.74) is 8.28. The highest BCUT2D eigenvalue weighted by Gasteiger charge is 2.10. The van der Waals surface area contributed by atoms with Crippen molar-refractivity contribution < 1.29 is 14.3 Å². The van der Waals surface area contributed by atoms with Crippen LogP contribution in [0.15, 0.2) is 36.5 Å². The molecule has 0 bridgehead atoms. The highest BCUT2D eigenvalue weighted by Crippen LogP contribution is 2.19. The number of carbonyl (C=O) groups excluding carboxylic acids is 1. The third kappa shape index (κ3) is 3.62. The zero-order valence-corrected chi connectivity index (χ0v) is 11.9. The van der Waals surface area contributed by atoms with E-state index in [4.69, 9.17) is 15.2 Å². The Morgan fingerprint density at radius 3 is 2.81 bits per heavy atom. The number of nitrogens with zero attached hydrogens (tertiary/aromatic N) is 1. The minimum absolute atomic E-state index is 0.342. The number of carbonyl (C=O) groups is 1. The van der Waals surface area contributed by atoms with Crippen LogP contribution < -0.4 is 15.8 Å². The molecule has 0 aliphatic heterocycles. The van der Waals surface area contributed by atoms with E-state index in [0.29, 0.717) is 23.7 Å². The van der Waals surface area contributed by atoms with Gasteiger partial charge in [0, 0.05) is 30.2 Å². The number of ether oxygens (including phenoxy) is 2. The van der Waals surface area contributed by atoms with E-state index in [1.165, 1.54) is 7.11 Å². The van der Waals surface area contributed by atoms with Gasteiger partial charge in [0.25, 0.3) is 0 Å². The average Bonchev–Trinajstić information content (AvgIpc) is 2.53. The second kappa shape index (κ2) is 6.60. The molecule has 0 saturated carbocycles. The van der Waals surface area contributed by atoms with E-state index in [-0.39, 0.29) is 0 Å². The molecule has 0 aliphatic rings. The summed E-state index contributed by atoms with van der Waals surface area (Å²) in [7, 11) is 2.90. The molecule has 0 radical (unpaired) electrons. The Labute approximate surface area is 122 Å². The molecule has 0 saturated heterocycles. The van der Waals surface area contributed by atoms with Crippen LogP contribution in [0.2, 0.25) is 0 Å². The van der Waals surface area contributed by atoms with Crippen LogP contribution in [0.5, 0.6) is 5.88 Å². The fraction of sp³-hybridized carbons (Fsp3) is 0.200. The summed E-state index contributed by atoms with van der Waals surface area (Å²) in [5, 5.41) is 3.21.